The topological polar surface area (TPSA) is 73.0 Å². The van der Waals surface area contributed by atoms with Crippen molar-refractivity contribution in [3.05, 3.63) is 12.2 Å². The van der Waals surface area contributed by atoms with Gasteiger partial charge >= 0.3 is 0 Å². The van der Waals surface area contributed by atoms with Crippen molar-refractivity contribution >= 4 is 17.7 Å². The van der Waals surface area contributed by atoms with Crippen LogP contribution in [0.15, 0.2) is 12.2 Å². The second-order valence-corrected chi connectivity index (χ2v) is 9.14. The SMILES string of the molecule is CC(C)CC(C(=O)NCCCN1CCN(C)CC1)N1C(=O)C2CC=CCC2C1=O. The van der Waals surface area contributed by atoms with Gasteiger partial charge in [-0.15, -0.1) is 0 Å². The summed E-state index contributed by atoms with van der Waals surface area (Å²) in [7, 11) is 2.14. The van der Waals surface area contributed by atoms with Crippen molar-refractivity contribution in [2.45, 2.75) is 45.6 Å². The quantitative estimate of drug-likeness (QED) is 0.373. The standard InChI is InChI=1S/C22H36N4O3/c1-16(2)15-19(26-21(28)17-7-4-5-8-18(17)22(26)29)20(27)23-9-6-10-25-13-11-24(3)12-14-25/h4-5,16-19H,6-15H2,1-3H3,(H,23,27). The lowest BCUT2D eigenvalue weighted by Crippen LogP contribution is -2.51. The third kappa shape index (κ3) is 5.25. The van der Waals surface area contributed by atoms with E-state index < -0.39 is 6.04 Å². The molecule has 0 spiro atoms. The van der Waals surface area contributed by atoms with Crippen LogP contribution in [-0.4, -0.2) is 84.8 Å². The number of likely N-dealkylation sites (N-methyl/N-ethyl adjacent to an activating group) is 1. The fraction of sp³-hybridized carbons (Fsp3) is 0.773. The summed E-state index contributed by atoms with van der Waals surface area (Å²) in [5.74, 6) is -0.868. The molecule has 0 radical (unpaired) electrons. The molecule has 162 valence electrons. The van der Waals surface area contributed by atoms with Crippen molar-refractivity contribution in [2.75, 3.05) is 46.3 Å². The van der Waals surface area contributed by atoms with E-state index in [2.05, 4.69) is 22.2 Å². The van der Waals surface area contributed by atoms with Crippen LogP contribution in [0.1, 0.15) is 39.5 Å². The van der Waals surface area contributed by atoms with E-state index in [1.54, 1.807) is 0 Å². The highest BCUT2D eigenvalue weighted by atomic mass is 16.2. The summed E-state index contributed by atoms with van der Waals surface area (Å²) in [5.41, 5.74) is 0. The summed E-state index contributed by atoms with van der Waals surface area (Å²) in [6, 6.07) is -0.691. The second-order valence-electron chi connectivity index (χ2n) is 9.14. The molecule has 1 N–H and O–H groups in total. The molecule has 3 unspecified atom stereocenters. The Balaban J connectivity index is 1.54. The number of amides is 3. The van der Waals surface area contributed by atoms with Crippen LogP contribution in [0.25, 0.3) is 0 Å². The highest BCUT2D eigenvalue weighted by Gasteiger charge is 2.51. The van der Waals surface area contributed by atoms with Crippen molar-refractivity contribution in [1.82, 2.24) is 20.0 Å². The van der Waals surface area contributed by atoms with Gasteiger partial charge in [-0.25, -0.2) is 0 Å². The number of imide groups is 1. The molecule has 7 heteroatoms. The molecule has 2 heterocycles. The molecular formula is C22H36N4O3. The molecule has 3 amide bonds. The van der Waals surface area contributed by atoms with Gasteiger partial charge in [0.25, 0.3) is 0 Å². The zero-order chi connectivity index (χ0) is 21.0. The molecule has 1 aliphatic carbocycles. The Hall–Kier alpha value is -1.73. The van der Waals surface area contributed by atoms with E-state index in [1.165, 1.54) is 4.90 Å². The Bertz CT molecular complexity index is 614. The van der Waals surface area contributed by atoms with Crippen LogP contribution in [-0.2, 0) is 14.4 Å². The zero-order valence-corrected chi connectivity index (χ0v) is 18.1. The van der Waals surface area contributed by atoms with Gasteiger partial charge in [0.1, 0.15) is 6.04 Å². The smallest absolute Gasteiger partial charge is 0.243 e. The summed E-state index contributed by atoms with van der Waals surface area (Å²) in [5, 5.41) is 3.00. The largest absolute Gasteiger partial charge is 0.354 e. The van der Waals surface area contributed by atoms with E-state index >= 15 is 0 Å². The van der Waals surface area contributed by atoms with E-state index in [9.17, 15) is 14.4 Å². The minimum absolute atomic E-state index is 0.164. The minimum Gasteiger partial charge on any atom is -0.354 e. The van der Waals surface area contributed by atoms with Crippen molar-refractivity contribution < 1.29 is 14.4 Å². The molecule has 3 atom stereocenters. The van der Waals surface area contributed by atoms with Gasteiger partial charge in [-0.1, -0.05) is 26.0 Å². The zero-order valence-electron chi connectivity index (χ0n) is 18.1. The summed E-state index contributed by atoms with van der Waals surface area (Å²) in [6.07, 6.45) is 6.55. The normalized spacial score (nSPS) is 26.8. The molecule has 2 saturated heterocycles. The number of fused-ring (bicyclic) bond motifs is 1. The molecule has 0 aromatic carbocycles. The second kappa shape index (κ2) is 9.85. The number of nitrogens with one attached hydrogen (secondary N) is 1. The number of allylic oxidation sites excluding steroid dienone is 2. The summed E-state index contributed by atoms with van der Waals surface area (Å²) in [6.45, 7) is 9.87. The van der Waals surface area contributed by atoms with Crippen LogP contribution in [0.4, 0.5) is 0 Å². The predicted octanol–water partition coefficient (Wildman–Crippen LogP) is 1.11. The van der Waals surface area contributed by atoms with E-state index in [4.69, 9.17) is 0 Å². The fourth-order valence-corrected chi connectivity index (χ4v) is 4.61. The van der Waals surface area contributed by atoms with Crippen LogP contribution in [0, 0.1) is 17.8 Å². The Morgan fingerprint density at radius 2 is 1.66 bits per heavy atom. The van der Waals surface area contributed by atoms with Crippen molar-refractivity contribution in [3.8, 4) is 0 Å². The van der Waals surface area contributed by atoms with E-state index in [1.807, 2.05) is 26.0 Å². The van der Waals surface area contributed by atoms with Gasteiger partial charge < -0.3 is 15.1 Å². The number of rotatable bonds is 8. The molecule has 2 aliphatic heterocycles. The van der Waals surface area contributed by atoms with Gasteiger partial charge in [0, 0.05) is 32.7 Å². The molecule has 0 aromatic rings. The first kappa shape index (κ1) is 22.0. The van der Waals surface area contributed by atoms with E-state index in [0.717, 1.165) is 39.1 Å². The average molecular weight is 405 g/mol. The van der Waals surface area contributed by atoms with Crippen LogP contribution in [0.2, 0.25) is 0 Å². The number of hydrogen-bond acceptors (Lipinski definition) is 5. The van der Waals surface area contributed by atoms with Crippen LogP contribution in [0.3, 0.4) is 0 Å². The molecule has 0 saturated carbocycles. The van der Waals surface area contributed by atoms with Crippen molar-refractivity contribution in [3.63, 3.8) is 0 Å². The first-order valence-corrected chi connectivity index (χ1v) is 11.1. The van der Waals surface area contributed by atoms with Gasteiger partial charge in [-0.2, -0.15) is 0 Å². The predicted molar refractivity (Wildman–Crippen MR) is 112 cm³/mol. The van der Waals surface area contributed by atoms with Crippen molar-refractivity contribution in [2.24, 2.45) is 17.8 Å². The fourth-order valence-electron chi connectivity index (χ4n) is 4.61. The maximum Gasteiger partial charge on any atom is 0.243 e. The van der Waals surface area contributed by atoms with Gasteiger partial charge in [-0.05, 0) is 45.2 Å². The lowest BCUT2D eigenvalue weighted by molar-refractivity contribution is -0.148. The van der Waals surface area contributed by atoms with Crippen LogP contribution < -0.4 is 5.32 Å². The van der Waals surface area contributed by atoms with E-state index in [-0.39, 0.29) is 35.5 Å². The number of nitrogens with zero attached hydrogens (tertiary/aromatic N) is 3. The number of piperazine rings is 1. The number of carbonyl (C=O) groups excluding carboxylic acids is 3. The molecule has 29 heavy (non-hydrogen) atoms. The monoisotopic (exact) mass is 404 g/mol. The molecule has 0 aromatic heterocycles. The summed E-state index contributed by atoms with van der Waals surface area (Å²) >= 11 is 0. The maximum absolute atomic E-state index is 13.0. The molecular weight excluding hydrogens is 368 g/mol. The van der Waals surface area contributed by atoms with Crippen LogP contribution in [0.5, 0.6) is 0 Å². The minimum atomic E-state index is -0.691. The van der Waals surface area contributed by atoms with Crippen molar-refractivity contribution in [1.29, 1.82) is 0 Å². The Morgan fingerprint density at radius 3 is 2.21 bits per heavy atom. The van der Waals surface area contributed by atoms with E-state index in [0.29, 0.717) is 25.8 Å². The first-order chi connectivity index (χ1) is 13.9. The lowest BCUT2D eigenvalue weighted by atomic mass is 9.85. The number of hydrogen-bond donors (Lipinski definition) is 1. The highest BCUT2D eigenvalue weighted by Crippen LogP contribution is 2.37. The Morgan fingerprint density at radius 1 is 1.07 bits per heavy atom. The van der Waals surface area contributed by atoms with Crippen LogP contribution >= 0.6 is 0 Å². The van der Waals surface area contributed by atoms with Gasteiger partial charge in [0.05, 0.1) is 11.8 Å². The average Bonchev–Trinajstić information content (AvgIpc) is 2.95. The highest BCUT2D eigenvalue weighted by molar-refractivity contribution is 6.08. The molecule has 2 fully saturated rings. The maximum atomic E-state index is 13.0. The van der Waals surface area contributed by atoms with Gasteiger partial charge in [0.15, 0.2) is 0 Å². The Kier molecular flexibility index (Phi) is 7.46. The molecule has 0 bridgehead atoms. The third-order valence-corrected chi connectivity index (χ3v) is 6.40. The Labute approximate surface area is 174 Å². The lowest BCUT2D eigenvalue weighted by Gasteiger charge is -2.32. The first-order valence-electron chi connectivity index (χ1n) is 11.1. The molecule has 7 nitrogen and oxygen atoms in total. The number of carbonyl (C=O) groups is 3. The summed E-state index contributed by atoms with van der Waals surface area (Å²) < 4.78 is 0. The number of likely N-dealkylation sites (tertiary alicyclic amines) is 1. The summed E-state index contributed by atoms with van der Waals surface area (Å²) in [4.78, 5) is 44.8. The molecule has 3 rings (SSSR count). The molecule has 3 aliphatic rings. The van der Waals surface area contributed by atoms with Gasteiger partial charge in [-0.3, -0.25) is 19.3 Å². The third-order valence-electron chi connectivity index (χ3n) is 6.40. The van der Waals surface area contributed by atoms with Gasteiger partial charge in [0.2, 0.25) is 17.7 Å².